The summed E-state index contributed by atoms with van der Waals surface area (Å²) in [6, 6.07) is 0.712. The summed E-state index contributed by atoms with van der Waals surface area (Å²) in [5.74, 6) is 1.88. The quantitative estimate of drug-likeness (QED) is 0.696. The molecule has 2 aliphatic rings. The molecule has 0 aromatic carbocycles. The van der Waals surface area contributed by atoms with E-state index in [0.29, 0.717) is 11.5 Å². The SMILES string of the molecule is CC1CCNC(C)C1(C)C1CCCCC1. The zero-order valence-corrected chi connectivity index (χ0v) is 10.7. The van der Waals surface area contributed by atoms with Gasteiger partial charge in [-0.05, 0) is 50.0 Å². The first-order valence-corrected chi connectivity index (χ1v) is 6.89. The van der Waals surface area contributed by atoms with Crippen molar-refractivity contribution >= 4 is 0 Å². The second kappa shape index (κ2) is 4.45. The van der Waals surface area contributed by atoms with Crippen LogP contribution in [-0.4, -0.2) is 12.6 Å². The fourth-order valence-corrected chi connectivity index (χ4v) is 3.95. The summed E-state index contributed by atoms with van der Waals surface area (Å²) in [5.41, 5.74) is 0.554. The van der Waals surface area contributed by atoms with Crippen LogP contribution in [0.15, 0.2) is 0 Å². The summed E-state index contributed by atoms with van der Waals surface area (Å²) in [5, 5.41) is 3.70. The van der Waals surface area contributed by atoms with Gasteiger partial charge >= 0.3 is 0 Å². The lowest BCUT2D eigenvalue weighted by molar-refractivity contribution is 0.00844. The second-order valence-corrected chi connectivity index (χ2v) is 6.07. The maximum absolute atomic E-state index is 3.70. The van der Waals surface area contributed by atoms with E-state index in [9.17, 15) is 0 Å². The number of hydrogen-bond acceptors (Lipinski definition) is 1. The van der Waals surface area contributed by atoms with Crippen LogP contribution in [0.3, 0.4) is 0 Å². The Balaban J connectivity index is 2.12. The molecule has 15 heavy (non-hydrogen) atoms. The van der Waals surface area contributed by atoms with E-state index in [2.05, 4.69) is 26.1 Å². The van der Waals surface area contributed by atoms with Gasteiger partial charge in [-0.1, -0.05) is 33.1 Å². The third kappa shape index (κ3) is 1.95. The topological polar surface area (TPSA) is 12.0 Å². The Hall–Kier alpha value is -0.0400. The number of nitrogens with one attached hydrogen (secondary N) is 1. The van der Waals surface area contributed by atoms with E-state index in [1.165, 1.54) is 45.1 Å². The van der Waals surface area contributed by atoms with Crippen LogP contribution in [-0.2, 0) is 0 Å². The van der Waals surface area contributed by atoms with Crippen molar-refractivity contribution in [3.8, 4) is 0 Å². The fourth-order valence-electron chi connectivity index (χ4n) is 3.95. The van der Waals surface area contributed by atoms with Gasteiger partial charge in [0, 0.05) is 6.04 Å². The Morgan fingerprint density at radius 2 is 1.67 bits per heavy atom. The standard InChI is InChI=1S/C14H27N/c1-11-9-10-15-12(2)14(11,3)13-7-5-4-6-8-13/h11-13,15H,4-10H2,1-3H3. The van der Waals surface area contributed by atoms with Gasteiger partial charge in [-0.15, -0.1) is 0 Å². The Kier molecular flexibility index (Phi) is 3.39. The van der Waals surface area contributed by atoms with Crippen molar-refractivity contribution in [2.75, 3.05) is 6.54 Å². The van der Waals surface area contributed by atoms with Gasteiger partial charge in [0.2, 0.25) is 0 Å². The van der Waals surface area contributed by atoms with Crippen molar-refractivity contribution in [2.24, 2.45) is 17.3 Å². The molecule has 1 N–H and O–H groups in total. The Bertz CT molecular complexity index is 195. The van der Waals surface area contributed by atoms with Crippen LogP contribution in [0.4, 0.5) is 0 Å². The summed E-state index contributed by atoms with van der Waals surface area (Å²) in [6.07, 6.45) is 8.75. The molecule has 1 heteroatoms. The maximum Gasteiger partial charge on any atom is 0.00977 e. The van der Waals surface area contributed by atoms with Crippen molar-refractivity contribution in [1.29, 1.82) is 0 Å². The van der Waals surface area contributed by atoms with Gasteiger partial charge in [0.05, 0.1) is 0 Å². The van der Waals surface area contributed by atoms with Crippen LogP contribution in [0.25, 0.3) is 0 Å². The van der Waals surface area contributed by atoms with E-state index in [1.54, 1.807) is 0 Å². The predicted octanol–water partition coefficient (Wildman–Crippen LogP) is 3.59. The van der Waals surface area contributed by atoms with Gasteiger partial charge in [-0.2, -0.15) is 0 Å². The minimum atomic E-state index is 0.554. The van der Waals surface area contributed by atoms with Gasteiger partial charge < -0.3 is 5.32 Å². The molecule has 3 atom stereocenters. The monoisotopic (exact) mass is 209 g/mol. The van der Waals surface area contributed by atoms with Crippen LogP contribution in [0, 0.1) is 17.3 Å². The Morgan fingerprint density at radius 3 is 2.27 bits per heavy atom. The van der Waals surface area contributed by atoms with E-state index >= 15 is 0 Å². The number of piperidine rings is 1. The normalized spacial score (nSPS) is 44.2. The molecule has 88 valence electrons. The van der Waals surface area contributed by atoms with E-state index in [4.69, 9.17) is 0 Å². The zero-order chi connectivity index (χ0) is 10.9. The van der Waals surface area contributed by atoms with Gasteiger partial charge in [0.1, 0.15) is 0 Å². The minimum absolute atomic E-state index is 0.554. The van der Waals surface area contributed by atoms with Crippen LogP contribution < -0.4 is 5.32 Å². The molecule has 1 heterocycles. The average molecular weight is 209 g/mol. The molecule has 0 spiro atoms. The van der Waals surface area contributed by atoms with Gasteiger partial charge in [-0.25, -0.2) is 0 Å². The molecule has 0 aromatic rings. The molecule has 2 rings (SSSR count). The molecule has 0 radical (unpaired) electrons. The highest BCUT2D eigenvalue weighted by atomic mass is 14.9. The zero-order valence-electron chi connectivity index (χ0n) is 10.7. The summed E-state index contributed by atoms with van der Waals surface area (Å²) in [6.45, 7) is 8.66. The minimum Gasteiger partial charge on any atom is -0.314 e. The average Bonchev–Trinajstić information content (AvgIpc) is 2.27. The highest BCUT2D eigenvalue weighted by molar-refractivity contribution is 4.98. The van der Waals surface area contributed by atoms with Crippen molar-refractivity contribution in [3.63, 3.8) is 0 Å². The third-order valence-corrected chi connectivity index (χ3v) is 5.51. The lowest BCUT2D eigenvalue weighted by Gasteiger charge is -2.51. The molecule has 1 aliphatic heterocycles. The van der Waals surface area contributed by atoms with Crippen LogP contribution in [0.5, 0.6) is 0 Å². The molecular formula is C14H27N. The predicted molar refractivity (Wildman–Crippen MR) is 65.9 cm³/mol. The third-order valence-electron chi connectivity index (χ3n) is 5.51. The highest BCUT2D eigenvalue weighted by Gasteiger charge is 2.45. The Morgan fingerprint density at radius 1 is 1.00 bits per heavy atom. The first-order chi connectivity index (χ1) is 7.15. The van der Waals surface area contributed by atoms with E-state index in [1.807, 2.05) is 0 Å². The molecular weight excluding hydrogens is 182 g/mol. The lowest BCUT2D eigenvalue weighted by Crippen LogP contribution is -2.54. The summed E-state index contributed by atoms with van der Waals surface area (Å²) in [4.78, 5) is 0. The van der Waals surface area contributed by atoms with Crippen molar-refractivity contribution in [1.82, 2.24) is 5.32 Å². The van der Waals surface area contributed by atoms with Crippen molar-refractivity contribution < 1.29 is 0 Å². The first kappa shape index (κ1) is 11.4. The van der Waals surface area contributed by atoms with Gasteiger partial charge in [0.25, 0.3) is 0 Å². The van der Waals surface area contributed by atoms with E-state index < -0.39 is 0 Å². The number of rotatable bonds is 1. The first-order valence-electron chi connectivity index (χ1n) is 6.89. The molecule has 0 bridgehead atoms. The van der Waals surface area contributed by atoms with E-state index in [0.717, 1.165) is 11.8 Å². The van der Waals surface area contributed by atoms with E-state index in [-0.39, 0.29) is 0 Å². The van der Waals surface area contributed by atoms with Crippen LogP contribution in [0.1, 0.15) is 59.3 Å². The van der Waals surface area contributed by atoms with Gasteiger partial charge in [-0.3, -0.25) is 0 Å². The molecule has 1 aliphatic carbocycles. The Labute approximate surface area is 95.0 Å². The molecule has 2 fully saturated rings. The smallest absolute Gasteiger partial charge is 0.00977 e. The highest BCUT2D eigenvalue weighted by Crippen LogP contribution is 2.48. The fraction of sp³-hybridized carbons (Fsp3) is 1.00. The molecule has 0 amide bonds. The van der Waals surface area contributed by atoms with Crippen molar-refractivity contribution in [3.05, 3.63) is 0 Å². The molecule has 1 saturated heterocycles. The molecule has 1 nitrogen and oxygen atoms in total. The lowest BCUT2D eigenvalue weighted by atomic mass is 9.58. The number of hydrogen-bond donors (Lipinski definition) is 1. The van der Waals surface area contributed by atoms with Crippen LogP contribution >= 0.6 is 0 Å². The van der Waals surface area contributed by atoms with Crippen molar-refractivity contribution in [2.45, 2.75) is 65.3 Å². The summed E-state index contributed by atoms with van der Waals surface area (Å²) in [7, 11) is 0. The van der Waals surface area contributed by atoms with Crippen LogP contribution in [0.2, 0.25) is 0 Å². The summed E-state index contributed by atoms with van der Waals surface area (Å²) >= 11 is 0. The second-order valence-electron chi connectivity index (χ2n) is 6.07. The molecule has 1 saturated carbocycles. The largest absolute Gasteiger partial charge is 0.314 e. The molecule has 3 unspecified atom stereocenters. The van der Waals surface area contributed by atoms with Gasteiger partial charge in [0.15, 0.2) is 0 Å². The summed E-state index contributed by atoms with van der Waals surface area (Å²) < 4.78 is 0. The molecule has 0 aromatic heterocycles. The maximum atomic E-state index is 3.70.